The lowest BCUT2D eigenvalue weighted by molar-refractivity contribution is 0.0602. The van der Waals surface area contributed by atoms with Gasteiger partial charge in [0.1, 0.15) is 0 Å². The van der Waals surface area contributed by atoms with Gasteiger partial charge < -0.3 is 10.5 Å². The molecule has 0 radical (unpaired) electrons. The Balaban J connectivity index is 2.07. The van der Waals surface area contributed by atoms with Crippen LogP contribution in [0.15, 0.2) is 42.5 Å². The van der Waals surface area contributed by atoms with Gasteiger partial charge in [-0.3, -0.25) is 4.79 Å². The van der Waals surface area contributed by atoms with E-state index in [0.717, 1.165) is 24.0 Å². The van der Waals surface area contributed by atoms with Crippen LogP contribution in [0.25, 0.3) is 11.1 Å². The van der Waals surface area contributed by atoms with E-state index in [1.807, 2.05) is 30.3 Å². The summed E-state index contributed by atoms with van der Waals surface area (Å²) in [5.41, 5.74) is 8.85. The first kappa shape index (κ1) is 17.2. The van der Waals surface area contributed by atoms with Gasteiger partial charge in [0, 0.05) is 12.0 Å². The molecule has 2 aromatic rings. The molecular weight excluding hydrogens is 314 g/mol. The average molecular weight is 337 g/mol. The van der Waals surface area contributed by atoms with E-state index in [-0.39, 0.29) is 17.0 Å². The zero-order valence-corrected chi connectivity index (χ0v) is 14.5. The molecular formula is C21H23NO3. The zero-order valence-electron chi connectivity index (χ0n) is 14.5. The number of Topliss-reactive ketones (excluding diaryl/α,β-unsaturated/α-hetero) is 1. The van der Waals surface area contributed by atoms with Crippen LogP contribution < -0.4 is 5.73 Å². The van der Waals surface area contributed by atoms with Crippen LogP contribution in [0.4, 0.5) is 5.69 Å². The number of nitrogens with two attached hydrogens (primary N) is 1. The lowest BCUT2D eigenvalue weighted by atomic mass is 9.89. The summed E-state index contributed by atoms with van der Waals surface area (Å²) >= 11 is 0. The number of ketones is 1. The summed E-state index contributed by atoms with van der Waals surface area (Å²) in [5.74, 6) is -0.0988. The van der Waals surface area contributed by atoms with E-state index in [4.69, 9.17) is 10.5 Å². The first-order valence-electron chi connectivity index (χ1n) is 8.71. The van der Waals surface area contributed by atoms with Crippen LogP contribution in [0.3, 0.4) is 0 Å². The average Bonchev–Trinajstić information content (AvgIpc) is 3.14. The quantitative estimate of drug-likeness (QED) is 0.496. The minimum Gasteiger partial charge on any atom is -0.465 e. The van der Waals surface area contributed by atoms with Gasteiger partial charge >= 0.3 is 5.97 Å². The molecule has 0 spiro atoms. The Morgan fingerprint density at radius 3 is 2.40 bits per heavy atom. The summed E-state index contributed by atoms with van der Waals surface area (Å²) in [5, 5.41) is 0. The van der Waals surface area contributed by atoms with Gasteiger partial charge in [-0.25, -0.2) is 4.79 Å². The largest absolute Gasteiger partial charge is 0.465 e. The van der Waals surface area contributed by atoms with Gasteiger partial charge in [-0.1, -0.05) is 62.1 Å². The molecule has 0 bridgehead atoms. The Hall–Kier alpha value is -2.62. The van der Waals surface area contributed by atoms with Crippen LogP contribution in [0.5, 0.6) is 0 Å². The summed E-state index contributed by atoms with van der Waals surface area (Å²) in [6, 6.07) is 13.1. The first-order chi connectivity index (χ1) is 12.1. The number of nitrogen functional groups attached to an aromatic ring is 1. The van der Waals surface area contributed by atoms with Crippen LogP contribution in [-0.2, 0) is 4.74 Å². The number of anilines is 1. The van der Waals surface area contributed by atoms with Crippen LogP contribution in [0.1, 0.15) is 52.8 Å². The molecule has 0 heterocycles. The molecule has 0 unspecified atom stereocenters. The molecule has 4 heteroatoms. The number of hydrogen-bond acceptors (Lipinski definition) is 4. The number of rotatable bonds is 5. The second kappa shape index (κ2) is 7.51. The predicted molar refractivity (Wildman–Crippen MR) is 98.5 cm³/mol. The molecule has 2 N–H and O–H groups in total. The van der Waals surface area contributed by atoms with E-state index in [9.17, 15) is 9.59 Å². The van der Waals surface area contributed by atoms with E-state index in [1.54, 1.807) is 12.1 Å². The number of benzene rings is 2. The molecule has 2 aromatic carbocycles. The monoisotopic (exact) mass is 337 g/mol. The van der Waals surface area contributed by atoms with Gasteiger partial charge in [0.05, 0.1) is 18.4 Å². The fourth-order valence-electron chi connectivity index (χ4n) is 3.64. The summed E-state index contributed by atoms with van der Waals surface area (Å²) in [7, 11) is 1.31. The van der Waals surface area contributed by atoms with Crippen molar-refractivity contribution in [3.8, 4) is 11.1 Å². The third kappa shape index (κ3) is 3.58. The number of hydrogen-bond donors (Lipinski definition) is 1. The normalized spacial score (nSPS) is 14.4. The molecule has 1 saturated carbocycles. The van der Waals surface area contributed by atoms with E-state index in [1.165, 1.54) is 20.0 Å². The summed E-state index contributed by atoms with van der Waals surface area (Å²) in [4.78, 5) is 25.0. The van der Waals surface area contributed by atoms with Gasteiger partial charge in [0.2, 0.25) is 0 Å². The third-order valence-electron chi connectivity index (χ3n) is 4.96. The number of methoxy groups -OCH3 is 1. The van der Waals surface area contributed by atoms with Gasteiger partial charge in [0.25, 0.3) is 0 Å². The summed E-state index contributed by atoms with van der Waals surface area (Å²) < 4.78 is 4.80. The number of carbonyl (C=O) groups excluding carboxylic acids is 2. The van der Waals surface area contributed by atoms with Crippen molar-refractivity contribution in [2.75, 3.05) is 12.8 Å². The van der Waals surface area contributed by atoms with Gasteiger partial charge in [-0.2, -0.15) is 0 Å². The van der Waals surface area contributed by atoms with Crippen molar-refractivity contribution in [2.24, 2.45) is 5.92 Å². The molecule has 25 heavy (non-hydrogen) atoms. The second-order valence-corrected chi connectivity index (χ2v) is 6.58. The molecule has 130 valence electrons. The second-order valence-electron chi connectivity index (χ2n) is 6.58. The SMILES string of the molecule is COC(=O)c1ccc(-c2ccccc2)c(C(=O)CC2CCCC2)c1N. The highest BCUT2D eigenvalue weighted by Gasteiger charge is 2.25. The minimum atomic E-state index is -0.521. The molecule has 0 aromatic heterocycles. The van der Waals surface area contributed by atoms with Crippen molar-refractivity contribution in [1.29, 1.82) is 0 Å². The standard InChI is InChI=1S/C21H23NO3/c1-25-21(24)17-12-11-16(15-9-3-2-4-10-15)19(20(17)22)18(23)13-14-7-5-6-8-14/h2-4,9-12,14H,5-8,13,22H2,1H3. The number of esters is 1. The zero-order chi connectivity index (χ0) is 17.8. The predicted octanol–water partition coefficient (Wildman–Crippen LogP) is 4.49. The Bertz CT molecular complexity index is 777. The van der Waals surface area contributed by atoms with Crippen molar-refractivity contribution in [2.45, 2.75) is 32.1 Å². The molecule has 1 aliphatic carbocycles. The van der Waals surface area contributed by atoms with Crippen LogP contribution >= 0.6 is 0 Å². The highest BCUT2D eigenvalue weighted by molar-refractivity contribution is 6.11. The molecule has 0 amide bonds. The van der Waals surface area contributed by atoms with Crippen LogP contribution in [0, 0.1) is 5.92 Å². The topological polar surface area (TPSA) is 69.4 Å². The minimum absolute atomic E-state index is 0.00834. The van der Waals surface area contributed by atoms with E-state index >= 15 is 0 Å². The molecule has 1 aliphatic rings. The van der Waals surface area contributed by atoms with Crippen molar-refractivity contribution < 1.29 is 14.3 Å². The fourth-order valence-corrected chi connectivity index (χ4v) is 3.64. The maximum atomic E-state index is 13.0. The Labute approximate surface area is 148 Å². The van der Waals surface area contributed by atoms with Crippen LogP contribution in [0.2, 0.25) is 0 Å². The first-order valence-corrected chi connectivity index (χ1v) is 8.71. The molecule has 4 nitrogen and oxygen atoms in total. The van der Waals surface area contributed by atoms with Gasteiger partial charge in [-0.15, -0.1) is 0 Å². The van der Waals surface area contributed by atoms with E-state index in [2.05, 4.69) is 0 Å². The Morgan fingerprint density at radius 2 is 1.76 bits per heavy atom. The molecule has 0 saturated heterocycles. The van der Waals surface area contributed by atoms with E-state index in [0.29, 0.717) is 17.9 Å². The fraction of sp³-hybridized carbons (Fsp3) is 0.333. The Morgan fingerprint density at radius 1 is 1.08 bits per heavy atom. The van der Waals surface area contributed by atoms with Crippen molar-refractivity contribution >= 4 is 17.4 Å². The lowest BCUT2D eigenvalue weighted by Crippen LogP contribution is -2.14. The molecule has 3 rings (SSSR count). The summed E-state index contributed by atoms with van der Waals surface area (Å²) in [6.07, 6.45) is 5.02. The summed E-state index contributed by atoms with van der Waals surface area (Å²) in [6.45, 7) is 0. The van der Waals surface area contributed by atoms with Gasteiger partial charge in [0.15, 0.2) is 5.78 Å². The van der Waals surface area contributed by atoms with Crippen molar-refractivity contribution in [3.05, 3.63) is 53.6 Å². The number of ether oxygens (including phenoxy) is 1. The van der Waals surface area contributed by atoms with Crippen molar-refractivity contribution in [1.82, 2.24) is 0 Å². The van der Waals surface area contributed by atoms with Crippen LogP contribution in [-0.4, -0.2) is 18.9 Å². The number of carbonyl (C=O) groups is 2. The highest BCUT2D eigenvalue weighted by Crippen LogP contribution is 2.35. The highest BCUT2D eigenvalue weighted by atomic mass is 16.5. The maximum absolute atomic E-state index is 13.0. The maximum Gasteiger partial charge on any atom is 0.339 e. The molecule has 1 fully saturated rings. The molecule has 0 aliphatic heterocycles. The lowest BCUT2D eigenvalue weighted by Gasteiger charge is -2.16. The van der Waals surface area contributed by atoms with E-state index < -0.39 is 5.97 Å². The third-order valence-corrected chi connectivity index (χ3v) is 4.96. The molecule has 0 atom stereocenters. The smallest absolute Gasteiger partial charge is 0.339 e. The van der Waals surface area contributed by atoms with Gasteiger partial charge in [-0.05, 0) is 23.1 Å². The Kier molecular flexibility index (Phi) is 5.17. The van der Waals surface area contributed by atoms with Crippen molar-refractivity contribution in [3.63, 3.8) is 0 Å².